The summed E-state index contributed by atoms with van der Waals surface area (Å²) in [6.07, 6.45) is 0. The van der Waals surface area contributed by atoms with Crippen LogP contribution in [0.4, 0.5) is 0 Å². The van der Waals surface area contributed by atoms with Crippen molar-refractivity contribution in [1.82, 2.24) is 0 Å². The zero-order valence-corrected chi connectivity index (χ0v) is 11.0. The monoisotopic (exact) mass is 272 g/mol. The lowest BCUT2D eigenvalue weighted by Gasteiger charge is -2.07. The topological polar surface area (TPSA) is 0 Å². The van der Waals surface area contributed by atoms with Gasteiger partial charge in [0.15, 0.2) is 0 Å². The third kappa shape index (κ3) is 1.98. The van der Waals surface area contributed by atoms with Gasteiger partial charge in [-0.2, -0.15) is 0 Å². The molecular weight excluding hydrogens is 263 g/mol. The van der Waals surface area contributed by atoms with Crippen LogP contribution in [0.15, 0.2) is 60.7 Å². The fraction of sp³-hybridized carbons (Fsp3) is 0. The molecule has 0 fully saturated rings. The Labute approximate surface area is 116 Å². The number of hydrogen-bond acceptors (Lipinski definition) is 0. The maximum atomic E-state index is 6.22. The summed E-state index contributed by atoms with van der Waals surface area (Å²) in [5, 5.41) is 3.73. The number of hydrogen-bond donors (Lipinski definition) is 0. The summed E-state index contributed by atoms with van der Waals surface area (Å²) in [7, 11) is 0. The summed E-state index contributed by atoms with van der Waals surface area (Å²) in [6.45, 7) is 0. The predicted octanol–water partition coefficient (Wildman–Crippen LogP) is 5.81. The van der Waals surface area contributed by atoms with Crippen LogP contribution in [0.2, 0.25) is 10.0 Å². The van der Waals surface area contributed by atoms with Gasteiger partial charge in [-0.05, 0) is 29.1 Å². The molecule has 88 valence electrons. The Hall–Kier alpha value is -1.50. The van der Waals surface area contributed by atoms with Gasteiger partial charge in [0, 0.05) is 21.0 Å². The van der Waals surface area contributed by atoms with Gasteiger partial charge in [-0.15, -0.1) is 0 Å². The second-order valence-electron chi connectivity index (χ2n) is 4.16. The van der Waals surface area contributed by atoms with Crippen LogP contribution in [-0.2, 0) is 0 Å². The molecule has 0 nitrogen and oxygen atoms in total. The normalized spacial score (nSPS) is 10.8. The van der Waals surface area contributed by atoms with E-state index in [-0.39, 0.29) is 0 Å². The first-order chi connectivity index (χ1) is 8.75. The molecule has 18 heavy (non-hydrogen) atoms. The molecule has 3 rings (SSSR count). The van der Waals surface area contributed by atoms with Crippen LogP contribution < -0.4 is 0 Å². The van der Waals surface area contributed by atoms with Gasteiger partial charge >= 0.3 is 0 Å². The van der Waals surface area contributed by atoms with Crippen LogP contribution in [0.25, 0.3) is 21.9 Å². The van der Waals surface area contributed by atoms with E-state index in [2.05, 4.69) is 18.2 Å². The lowest BCUT2D eigenvalue weighted by Crippen LogP contribution is -1.81. The van der Waals surface area contributed by atoms with Crippen molar-refractivity contribution in [2.75, 3.05) is 0 Å². The van der Waals surface area contributed by atoms with Gasteiger partial charge in [0.25, 0.3) is 0 Å². The molecule has 0 aliphatic heterocycles. The second-order valence-corrected chi connectivity index (χ2v) is 4.97. The highest BCUT2D eigenvalue weighted by Crippen LogP contribution is 2.31. The van der Waals surface area contributed by atoms with Gasteiger partial charge in [-0.1, -0.05) is 65.7 Å². The van der Waals surface area contributed by atoms with E-state index in [0.717, 1.165) is 31.9 Å². The fourth-order valence-electron chi connectivity index (χ4n) is 2.11. The number of benzene rings is 3. The Morgan fingerprint density at radius 1 is 0.667 bits per heavy atom. The van der Waals surface area contributed by atoms with E-state index in [4.69, 9.17) is 23.2 Å². The van der Waals surface area contributed by atoms with Gasteiger partial charge in [0.05, 0.1) is 0 Å². The molecule has 0 atom stereocenters. The maximum Gasteiger partial charge on any atom is 0.0484 e. The van der Waals surface area contributed by atoms with E-state index >= 15 is 0 Å². The molecule has 3 aromatic rings. The minimum atomic E-state index is 0.763. The van der Waals surface area contributed by atoms with Crippen LogP contribution in [-0.4, -0.2) is 0 Å². The Morgan fingerprint density at radius 2 is 1.44 bits per heavy atom. The average Bonchev–Trinajstić information content (AvgIpc) is 2.39. The van der Waals surface area contributed by atoms with Crippen molar-refractivity contribution in [3.63, 3.8) is 0 Å². The molecule has 2 heteroatoms. The molecule has 0 radical (unpaired) electrons. The van der Waals surface area contributed by atoms with Gasteiger partial charge < -0.3 is 0 Å². The minimum absolute atomic E-state index is 0.763. The van der Waals surface area contributed by atoms with Crippen molar-refractivity contribution in [1.29, 1.82) is 0 Å². The van der Waals surface area contributed by atoms with Crippen LogP contribution >= 0.6 is 23.2 Å². The number of rotatable bonds is 1. The first kappa shape index (κ1) is 11.6. The highest BCUT2D eigenvalue weighted by molar-refractivity contribution is 6.35. The van der Waals surface area contributed by atoms with Gasteiger partial charge in [-0.3, -0.25) is 0 Å². The largest absolute Gasteiger partial charge is 0.0837 e. The summed E-state index contributed by atoms with van der Waals surface area (Å²) in [6, 6.07) is 20.0. The van der Waals surface area contributed by atoms with Gasteiger partial charge in [0.1, 0.15) is 0 Å². The average molecular weight is 273 g/mol. The molecule has 0 N–H and O–H groups in total. The standard InChI is InChI=1S/C16H10Cl2/c17-15-6-2-1-5-13(15)12-8-9-14-11(10-12)4-3-7-16(14)18/h1-10H. The van der Waals surface area contributed by atoms with E-state index in [9.17, 15) is 0 Å². The third-order valence-corrected chi connectivity index (χ3v) is 3.67. The predicted molar refractivity (Wildman–Crippen MR) is 79.4 cm³/mol. The molecule has 0 spiro atoms. The first-order valence-corrected chi connectivity index (χ1v) is 6.44. The molecule has 0 aliphatic carbocycles. The summed E-state index contributed by atoms with van der Waals surface area (Å²) >= 11 is 12.4. The lowest BCUT2D eigenvalue weighted by molar-refractivity contribution is 1.64. The van der Waals surface area contributed by atoms with Gasteiger partial charge in [-0.25, -0.2) is 0 Å². The Kier molecular flexibility index (Phi) is 2.99. The maximum absolute atomic E-state index is 6.22. The van der Waals surface area contributed by atoms with Crippen molar-refractivity contribution in [3.8, 4) is 11.1 Å². The van der Waals surface area contributed by atoms with Crippen LogP contribution in [0.1, 0.15) is 0 Å². The smallest absolute Gasteiger partial charge is 0.0484 e. The quantitative estimate of drug-likeness (QED) is 0.524. The highest BCUT2D eigenvalue weighted by atomic mass is 35.5. The van der Waals surface area contributed by atoms with Crippen molar-refractivity contribution < 1.29 is 0 Å². The summed E-state index contributed by atoms with van der Waals surface area (Å²) in [5.41, 5.74) is 2.15. The van der Waals surface area contributed by atoms with Crippen molar-refractivity contribution in [2.24, 2.45) is 0 Å². The summed E-state index contributed by atoms with van der Waals surface area (Å²) in [4.78, 5) is 0. The molecule has 0 aromatic heterocycles. The Balaban J connectivity index is 2.23. The molecule has 0 saturated carbocycles. The Bertz CT molecular complexity index is 717. The molecule has 0 unspecified atom stereocenters. The van der Waals surface area contributed by atoms with Gasteiger partial charge in [0.2, 0.25) is 0 Å². The molecular formula is C16H10Cl2. The fourth-order valence-corrected chi connectivity index (χ4v) is 2.60. The van der Waals surface area contributed by atoms with E-state index in [1.807, 2.05) is 42.5 Å². The van der Waals surface area contributed by atoms with E-state index < -0.39 is 0 Å². The lowest BCUT2D eigenvalue weighted by atomic mass is 10.0. The summed E-state index contributed by atoms with van der Waals surface area (Å²) in [5.74, 6) is 0. The second kappa shape index (κ2) is 4.64. The van der Waals surface area contributed by atoms with E-state index in [1.54, 1.807) is 0 Å². The van der Waals surface area contributed by atoms with Crippen LogP contribution in [0.3, 0.4) is 0 Å². The first-order valence-electron chi connectivity index (χ1n) is 5.69. The molecule has 0 aliphatic rings. The number of fused-ring (bicyclic) bond motifs is 1. The van der Waals surface area contributed by atoms with E-state index in [1.165, 1.54) is 0 Å². The molecule has 0 saturated heterocycles. The molecule has 3 aromatic carbocycles. The van der Waals surface area contributed by atoms with Crippen LogP contribution in [0.5, 0.6) is 0 Å². The summed E-state index contributed by atoms with van der Waals surface area (Å²) < 4.78 is 0. The molecule has 0 amide bonds. The zero-order chi connectivity index (χ0) is 12.5. The van der Waals surface area contributed by atoms with E-state index in [0.29, 0.717) is 0 Å². The number of halogens is 2. The minimum Gasteiger partial charge on any atom is -0.0837 e. The zero-order valence-electron chi connectivity index (χ0n) is 9.53. The molecule has 0 bridgehead atoms. The molecule has 0 heterocycles. The van der Waals surface area contributed by atoms with Crippen LogP contribution in [0, 0.1) is 0 Å². The SMILES string of the molecule is Clc1ccccc1-c1ccc2c(Cl)cccc2c1. The third-order valence-electron chi connectivity index (χ3n) is 3.01. The van der Waals surface area contributed by atoms with Crippen molar-refractivity contribution in [2.45, 2.75) is 0 Å². The Morgan fingerprint density at radius 3 is 2.28 bits per heavy atom. The highest BCUT2D eigenvalue weighted by Gasteiger charge is 2.04. The van der Waals surface area contributed by atoms with Crippen molar-refractivity contribution >= 4 is 34.0 Å². The van der Waals surface area contributed by atoms with Crippen molar-refractivity contribution in [3.05, 3.63) is 70.7 Å².